The lowest BCUT2D eigenvalue weighted by Gasteiger charge is -2.09. The molecule has 1 heterocycles. The molecule has 18 heavy (non-hydrogen) atoms. The summed E-state index contributed by atoms with van der Waals surface area (Å²) in [6.45, 7) is 6.09. The van der Waals surface area contributed by atoms with Crippen molar-refractivity contribution < 1.29 is 14.3 Å². The molecule has 0 aliphatic carbocycles. The second-order valence-electron chi connectivity index (χ2n) is 3.90. The second-order valence-corrected chi connectivity index (χ2v) is 3.90. The first-order valence-corrected chi connectivity index (χ1v) is 5.92. The molecule has 0 amide bonds. The molecule has 0 radical (unpaired) electrons. The van der Waals surface area contributed by atoms with E-state index in [-0.39, 0.29) is 12.4 Å². The Morgan fingerprint density at radius 3 is 2.78 bits per heavy atom. The highest BCUT2D eigenvalue weighted by molar-refractivity contribution is 5.72. The van der Waals surface area contributed by atoms with Gasteiger partial charge < -0.3 is 9.47 Å². The van der Waals surface area contributed by atoms with Crippen LogP contribution >= 0.6 is 0 Å². The molecule has 0 bridgehead atoms. The van der Waals surface area contributed by atoms with Crippen LogP contribution in [0.2, 0.25) is 0 Å². The van der Waals surface area contributed by atoms with Crippen LogP contribution < -0.4 is 4.74 Å². The lowest BCUT2D eigenvalue weighted by atomic mass is 10.1. The quantitative estimate of drug-likeness (QED) is 0.753. The van der Waals surface area contributed by atoms with Crippen LogP contribution in [0, 0.1) is 13.8 Å². The van der Waals surface area contributed by atoms with E-state index in [9.17, 15) is 4.79 Å². The van der Waals surface area contributed by atoms with E-state index in [4.69, 9.17) is 9.47 Å². The normalized spacial score (nSPS) is 10.7. The maximum absolute atomic E-state index is 11.2. The van der Waals surface area contributed by atoms with E-state index in [1.54, 1.807) is 26.3 Å². The van der Waals surface area contributed by atoms with Crippen molar-refractivity contribution in [3.05, 3.63) is 29.1 Å². The largest absolute Gasteiger partial charge is 0.496 e. The number of esters is 1. The van der Waals surface area contributed by atoms with Crippen LogP contribution in [0.25, 0.3) is 6.08 Å². The van der Waals surface area contributed by atoms with E-state index in [2.05, 4.69) is 4.98 Å². The molecule has 0 spiro atoms. The van der Waals surface area contributed by atoms with Gasteiger partial charge in [0, 0.05) is 17.3 Å². The van der Waals surface area contributed by atoms with Gasteiger partial charge in [-0.05, 0) is 26.8 Å². The number of hydrogen-bond acceptors (Lipinski definition) is 4. The monoisotopic (exact) mass is 249 g/mol. The summed E-state index contributed by atoms with van der Waals surface area (Å²) in [4.78, 5) is 15.5. The second kappa shape index (κ2) is 6.79. The van der Waals surface area contributed by atoms with Gasteiger partial charge >= 0.3 is 5.97 Å². The summed E-state index contributed by atoms with van der Waals surface area (Å²) in [6.07, 6.45) is 5.58. The number of carbonyl (C=O) groups is 1. The van der Waals surface area contributed by atoms with E-state index >= 15 is 0 Å². The Hall–Kier alpha value is -1.84. The lowest BCUT2D eigenvalue weighted by molar-refractivity contribution is -0.142. The molecule has 1 rings (SSSR count). The zero-order valence-electron chi connectivity index (χ0n) is 11.3. The molecule has 0 aliphatic rings. The maximum atomic E-state index is 11.2. The van der Waals surface area contributed by atoms with Crippen molar-refractivity contribution in [3.8, 4) is 5.75 Å². The van der Waals surface area contributed by atoms with Gasteiger partial charge in [-0.1, -0.05) is 6.08 Å². The van der Waals surface area contributed by atoms with Crippen molar-refractivity contribution in [3.63, 3.8) is 0 Å². The number of hydrogen-bond donors (Lipinski definition) is 0. The Balaban J connectivity index is 2.79. The summed E-state index contributed by atoms with van der Waals surface area (Å²) in [7, 11) is 1.64. The van der Waals surface area contributed by atoms with Crippen molar-refractivity contribution in [1.82, 2.24) is 4.98 Å². The van der Waals surface area contributed by atoms with Gasteiger partial charge in [-0.2, -0.15) is 0 Å². The molecular formula is C14H19NO3. The predicted molar refractivity (Wildman–Crippen MR) is 70.5 cm³/mol. The number of ether oxygens (including phenoxy) is 2. The first-order chi connectivity index (χ1) is 8.60. The first kappa shape index (κ1) is 14.2. The number of methoxy groups -OCH3 is 1. The zero-order chi connectivity index (χ0) is 13.5. The summed E-state index contributed by atoms with van der Waals surface area (Å²) in [5.41, 5.74) is 2.77. The van der Waals surface area contributed by atoms with Crippen LogP contribution in [0.4, 0.5) is 0 Å². The molecule has 0 aliphatic heterocycles. The number of aromatic nitrogens is 1. The molecular weight excluding hydrogens is 230 g/mol. The van der Waals surface area contributed by atoms with Crippen LogP contribution in [-0.4, -0.2) is 24.7 Å². The molecule has 1 aromatic heterocycles. The minimum Gasteiger partial charge on any atom is -0.496 e. The number of rotatable bonds is 5. The minimum atomic E-state index is -0.231. The van der Waals surface area contributed by atoms with Gasteiger partial charge in [-0.25, -0.2) is 0 Å². The molecule has 0 saturated carbocycles. The Morgan fingerprint density at radius 2 is 2.17 bits per heavy atom. The lowest BCUT2D eigenvalue weighted by Crippen LogP contribution is -2.01. The van der Waals surface area contributed by atoms with Gasteiger partial charge in [0.2, 0.25) is 0 Å². The van der Waals surface area contributed by atoms with Crippen molar-refractivity contribution in [1.29, 1.82) is 0 Å². The third kappa shape index (κ3) is 3.58. The highest BCUT2D eigenvalue weighted by Gasteiger charge is 2.07. The van der Waals surface area contributed by atoms with Gasteiger partial charge in [0.05, 0.1) is 25.8 Å². The average Bonchev–Trinajstić information content (AvgIpc) is 2.33. The molecule has 4 nitrogen and oxygen atoms in total. The number of pyridine rings is 1. The van der Waals surface area contributed by atoms with Crippen LogP contribution in [-0.2, 0) is 9.53 Å². The highest BCUT2D eigenvalue weighted by Crippen LogP contribution is 2.24. The predicted octanol–water partition coefficient (Wildman–Crippen LogP) is 2.67. The minimum absolute atomic E-state index is 0.231. The molecule has 4 heteroatoms. The molecule has 0 fully saturated rings. The highest BCUT2D eigenvalue weighted by atomic mass is 16.5. The summed E-state index contributed by atoms with van der Waals surface area (Å²) in [5, 5.41) is 0. The molecule has 0 unspecified atom stereocenters. The number of aryl methyl sites for hydroxylation is 1. The van der Waals surface area contributed by atoms with Crippen molar-refractivity contribution in [2.24, 2.45) is 0 Å². The van der Waals surface area contributed by atoms with E-state index < -0.39 is 0 Å². The smallest absolute Gasteiger partial charge is 0.309 e. The number of carbonyl (C=O) groups excluding carboxylic acids is 1. The van der Waals surface area contributed by atoms with Crippen molar-refractivity contribution in [2.75, 3.05) is 13.7 Å². The summed E-state index contributed by atoms with van der Waals surface area (Å²) in [6, 6.07) is 0. The maximum Gasteiger partial charge on any atom is 0.309 e. The Labute approximate surface area is 108 Å². The van der Waals surface area contributed by atoms with Crippen molar-refractivity contribution in [2.45, 2.75) is 27.2 Å². The van der Waals surface area contributed by atoms with Gasteiger partial charge in [0.1, 0.15) is 5.75 Å². The van der Waals surface area contributed by atoms with E-state index in [1.807, 2.05) is 19.9 Å². The number of nitrogens with zero attached hydrogens (tertiary/aromatic N) is 1. The fraction of sp³-hybridized carbons (Fsp3) is 0.429. The van der Waals surface area contributed by atoms with Gasteiger partial charge in [0.15, 0.2) is 0 Å². The average molecular weight is 249 g/mol. The summed E-state index contributed by atoms with van der Waals surface area (Å²) >= 11 is 0. The molecule has 98 valence electrons. The topological polar surface area (TPSA) is 48.4 Å². The Morgan fingerprint density at radius 1 is 1.44 bits per heavy atom. The Bertz CT molecular complexity index is 453. The fourth-order valence-electron chi connectivity index (χ4n) is 1.70. The standard InChI is InChI=1S/C14H19NO3/c1-5-18-13(16)8-6-7-12-11(3)14(17-4)10(2)9-15-12/h6-7,9H,5,8H2,1-4H3/b7-6+. The fourth-order valence-corrected chi connectivity index (χ4v) is 1.70. The molecule has 0 saturated heterocycles. The summed E-state index contributed by atoms with van der Waals surface area (Å²) in [5.74, 6) is 0.603. The third-order valence-electron chi connectivity index (χ3n) is 2.55. The molecule has 1 aromatic rings. The van der Waals surface area contributed by atoms with Crippen molar-refractivity contribution >= 4 is 12.0 Å². The summed E-state index contributed by atoms with van der Waals surface area (Å²) < 4.78 is 10.2. The van der Waals surface area contributed by atoms with E-state index in [0.717, 1.165) is 22.6 Å². The molecule has 0 aromatic carbocycles. The zero-order valence-corrected chi connectivity index (χ0v) is 11.3. The van der Waals surface area contributed by atoms with Crippen LogP contribution in [0.15, 0.2) is 12.3 Å². The molecule has 0 atom stereocenters. The van der Waals surface area contributed by atoms with Gasteiger partial charge in [0.25, 0.3) is 0 Å². The van der Waals surface area contributed by atoms with Gasteiger partial charge in [-0.3, -0.25) is 9.78 Å². The van der Waals surface area contributed by atoms with Crippen LogP contribution in [0.3, 0.4) is 0 Å². The third-order valence-corrected chi connectivity index (χ3v) is 2.55. The first-order valence-electron chi connectivity index (χ1n) is 5.92. The van der Waals surface area contributed by atoms with Crippen LogP contribution in [0.5, 0.6) is 5.75 Å². The van der Waals surface area contributed by atoms with Gasteiger partial charge in [-0.15, -0.1) is 0 Å². The SMILES string of the molecule is CCOC(=O)C/C=C/c1ncc(C)c(OC)c1C. The van der Waals surface area contributed by atoms with E-state index in [1.165, 1.54) is 0 Å². The Kier molecular flexibility index (Phi) is 5.36. The van der Waals surface area contributed by atoms with E-state index in [0.29, 0.717) is 6.61 Å². The molecule has 0 N–H and O–H groups in total. The van der Waals surface area contributed by atoms with Crippen LogP contribution in [0.1, 0.15) is 30.2 Å².